The smallest absolute Gasteiger partial charge is 0.275 e. The van der Waals surface area contributed by atoms with E-state index in [9.17, 15) is 4.79 Å². The molecule has 0 aliphatic carbocycles. The predicted octanol–water partition coefficient (Wildman–Crippen LogP) is 3.36. The van der Waals surface area contributed by atoms with Gasteiger partial charge in [0.15, 0.2) is 0 Å². The number of hydrogen-bond acceptors (Lipinski definition) is 5. The number of rotatable bonds is 4. The highest BCUT2D eigenvalue weighted by Crippen LogP contribution is 2.30. The largest absolute Gasteiger partial charge is 0.495 e. The fraction of sp³-hybridized carbons (Fsp3) is 0.100. The van der Waals surface area contributed by atoms with Crippen LogP contribution < -0.4 is 10.1 Å². The molecule has 4 rings (SSSR count). The van der Waals surface area contributed by atoms with Crippen LogP contribution in [-0.4, -0.2) is 32.4 Å². The monoisotopic (exact) mass is 359 g/mol. The number of anilines is 1. The van der Waals surface area contributed by atoms with E-state index in [0.717, 1.165) is 22.5 Å². The first-order valence-electron chi connectivity index (χ1n) is 8.35. The van der Waals surface area contributed by atoms with Crippen molar-refractivity contribution in [3.05, 3.63) is 72.6 Å². The molecule has 0 aliphatic rings. The molecule has 0 fully saturated rings. The summed E-state index contributed by atoms with van der Waals surface area (Å²) in [6, 6.07) is 9.59. The molecule has 0 saturated heterocycles. The molecule has 27 heavy (non-hydrogen) atoms. The number of aryl methyl sites for hydroxylation is 1. The summed E-state index contributed by atoms with van der Waals surface area (Å²) in [5.74, 6) is 0.194. The molecule has 7 nitrogen and oxygen atoms in total. The molecule has 0 aliphatic heterocycles. The van der Waals surface area contributed by atoms with Crippen molar-refractivity contribution >= 4 is 17.2 Å². The van der Waals surface area contributed by atoms with Crippen LogP contribution in [0.3, 0.4) is 0 Å². The van der Waals surface area contributed by atoms with Crippen LogP contribution in [0.15, 0.2) is 61.3 Å². The summed E-state index contributed by atoms with van der Waals surface area (Å²) in [6.07, 6.45) is 8.33. The van der Waals surface area contributed by atoms with Crippen molar-refractivity contribution in [2.75, 3.05) is 12.4 Å². The van der Waals surface area contributed by atoms with Gasteiger partial charge in [0, 0.05) is 30.4 Å². The molecule has 1 aromatic carbocycles. The fourth-order valence-electron chi connectivity index (χ4n) is 2.79. The number of carbonyl (C=O) groups excluding carboxylic acids is 1. The molecule has 4 aromatic rings. The molecule has 3 aromatic heterocycles. The third-order valence-electron chi connectivity index (χ3n) is 4.15. The first-order valence-corrected chi connectivity index (χ1v) is 8.35. The molecule has 1 N–H and O–H groups in total. The fourth-order valence-corrected chi connectivity index (χ4v) is 2.79. The SMILES string of the molecule is COc1ccc(-c2cn3ccc(C)cc3n2)cc1NC(=O)c1cnccn1. The molecular formula is C20H17N5O2. The van der Waals surface area contributed by atoms with Crippen LogP contribution >= 0.6 is 0 Å². The van der Waals surface area contributed by atoms with Crippen molar-refractivity contribution in [1.82, 2.24) is 19.4 Å². The van der Waals surface area contributed by atoms with Crippen molar-refractivity contribution < 1.29 is 9.53 Å². The third kappa shape index (κ3) is 3.35. The molecule has 0 spiro atoms. The number of methoxy groups -OCH3 is 1. The molecule has 0 saturated carbocycles. The highest BCUT2D eigenvalue weighted by Gasteiger charge is 2.13. The molecule has 0 unspecified atom stereocenters. The van der Waals surface area contributed by atoms with E-state index in [2.05, 4.69) is 20.3 Å². The lowest BCUT2D eigenvalue weighted by Gasteiger charge is -2.11. The highest BCUT2D eigenvalue weighted by atomic mass is 16.5. The zero-order chi connectivity index (χ0) is 18.8. The van der Waals surface area contributed by atoms with Gasteiger partial charge in [-0.25, -0.2) is 9.97 Å². The summed E-state index contributed by atoms with van der Waals surface area (Å²) < 4.78 is 7.33. The molecule has 1 amide bonds. The van der Waals surface area contributed by atoms with E-state index in [1.165, 1.54) is 18.6 Å². The summed E-state index contributed by atoms with van der Waals surface area (Å²) in [4.78, 5) is 25.0. The normalized spacial score (nSPS) is 10.7. The van der Waals surface area contributed by atoms with E-state index >= 15 is 0 Å². The number of amides is 1. The topological polar surface area (TPSA) is 81.4 Å². The van der Waals surface area contributed by atoms with E-state index in [0.29, 0.717) is 11.4 Å². The summed E-state index contributed by atoms with van der Waals surface area (Å²) in [5.41, 5.74) is 4.45. The summed E-state index contributed by atoms with van der Waals surface area (Å²) in [7, 11) is 1.56. The Balaban J connectivity index is 1.70. The van der Waals surface area contributed by atoms with Gasteiger partial charge in [-0.2, -0.15) is 0 Å². The number of aromatic nitrogens is 4. The van der Waals surface area contributed by atoms with Crippen molar-refractivity contribution in [2.24, 2.45) is 0 Å². The van der Waals surface area contributed by atoms with Crippen LogP contribution in [0.2, 0.25) is 0 Å². The van der Waals surface area contributed by atoms with Crippen LogP contribution in [0.5, 0.6) is 5.75 Å². The van der Waals surface area contributed by atoms with Crippen molar-refractivity contribution in [3.63, 3.8) is 0 Å². The van der Waals surface area contributed by atoms with Gasteiger partial charge in [0.1, 0.15) is 17.1 Å². The van der Waals surface area contributed by atoms with Crippen LogP contribution in [0.1, 0.15) is 16.1 Å². The molecular weight excluding hydrogens is 342 g/mol. The first-order chi connectivity index (χ1) is 13.1. The maximum atomic E-state index is 12.4. The van der Waals surface area contributed by atoms with Gasteiger partial charge in [0.2, 0.25) is 0 Å². The quantitative estimate of drug-likeness (QED) is 0.604. The number of benzene rings is 1. The average Bonchev–Trinajstić information content (AvgIpc) is 3.11. The number of fused-ring (bicyclic) bond motifs is 1. The highest BCUT2D eigenvalue weighted by molar-refractivity contribution is 6.03. The summed E-state index contributed by atoms with van der Waals surface area (Å²) in [5, 5.41) is 2.83. The van der Waals surface area contributed by atoms with E-state index in [-0.39, 0.29) is 11.6 Å². The lowest BCUT2D eigenvalue weighted by molar-refractivity contribution is 0.102. The maximum Gasteiger partial charge on any atom is 0.275 e. The van der Waals surface area contributed by atoms with E-state index in [1.807, 2.05) is 48.0 Å². The molecule has 7 heteroatoms. The summed E-state index contributed by atoms with van der Waals surface area (Å²) >= 11 is 0. The Hall–Kier alpha value is -3.74. The number of nitrogens with zero attached hydrogens (tertiary/aromatic N) is 4. The van der Waals surface area contributed by atoms with Gasteiger partial charge in [-0.15, -0.1) is 0 Å². The zero-order valence-electron chi connectivity index (χ0n) is 14.9. The van der Waals surface area contributed by atoms with E-state index in [4.69, 9.17) is 4.74 Å². The minimum atomic E-state index is -0.357. The second-order valence-electron chi connectivity index (χ2n) is 6.06. The van der Waals surface area contributed by atoms with Crippen LogP contribution in [0.4, 0.5) is 5.69 Å². The van der Waals surface area contributed by atoms with E-state index in [1.54, 1.807) is 13.2 Å². The summed E-state index contributed by atoms with van der Waals surface area (Å²) in [6.45, 7) is 2.03. The van der Waals surface area contributed by atoms with E-state index < -0.39 is 0 Å². The number of imidazole rings is 1. The number of nitrogens with one attached hydrogen (secondary N) is 1. The Bertz CT molecular complexity index is 1120. The standard InChI is InChI=1S/C20H17N5O2/c1-13-5-8-25-12-17(23-19(25)9-13)14-3-4-18(27-2)15(10-14)24-20(26)16-11-21-6-7-22-16/h3-12H,1-2H3,(H,24,26). The minimum Gasteiger partial charge on any atom is -0.495 e. The van der Waals surface area contributed by atoms with Gasteiger partial charge >= 0.3 is 0 Å². The molecule has 3 heterocycles. The second kappa shape index (κ2) is 6.87. The number of hydrogen-bond donors (Lipinski definition) is 1. The van der Waals surface area contributed by atoms with Gasteiger partial charge in [-0.1, -0.05) is 0 Å². The van der Waals surface area contributed by atoms with Crippen molar-refractivity contribution in [3.8, 4) is 17.0 Å². The Labute approximate surface area is 155 Å². The van der Waals surface area contributed by atoms with Gasteiger partial charge < -0.3 is 14.5 Å². The maximum absolute atomic E-state index is 12.4. The average molecular weight is 359 g/mol. The Morgan fingerprint density at radius 3 is 2.85 bits per heavy atom. The van der Waals surface area contributed by atoms with Crippen molar-refractivity contribution in [2.45, 2.75) is 6.92 Å². The predicted molar refractivity (Wildman–Crippen MR) is 102 cm³/mol. The number of carbonyl (C=O) groups is 1. The Morgan fingerprint density at radius 1 is 1.19 bits per heavy atom. The van der Waals surface area contributed by atoms with Crippen LogP contribution in [-0.2, 0) is 0 Å². The van der Waals surface area contributed by atoms with Crippen LogP contribution in [0.25, 0.3) is 16.9 Å². The lowest BCUT2D eigenvalue weighted by Crippen LogP contribution is -2.14. The minimum absolute atomic E-state index is 0.230. The first kappa shape index (κ1) is 16.7. The van der Waals surface area contributed by atoms with Gasteiger partial charge in [0.25, 0.3) is 5.91 Å². The second-order valence-corrected chi connectivity index (χ2v) is 6.06. The van der Waals surface area contributed by atoms with Crippen LogP contribution in [0, 0.1) is 6.92 Å². The van der Waals surface area contributed by atoms with Gasteiger partial charge in [-0.3, -0.25) is 9.78 Å². The molecule has 134 valence electrons. The molecule has 0 atom stereocenters. The Morgan fingerprint density at radius 2 is 2.07 bits per heavy atom. The molecule has 0 radical (unpaired) electrons. The number of ether oxygens (including phenoxy) is 1. The third-order valence-corrected chi connectivity index (χ3v) is 4.15. The van der Waals surface area contributed by atoms with Crippen molar-refractivity contribution in [1.29, 1.82) is 0 Å². The zero-order valence-corrected chi connectivity index (χ0v) is 14.9. The lowest BCUT2D eigenvalue weighted by atomic mass is 10.1. The molecule has 0 bridgehead atoms. The van der Waals surface area contributed by atoms with Gasteiger partial charge in [0.05, 0.1) is 24.7 Å². The Kier molecular flexibility index (Phi) is 4.25. The van der Waals surface area contributed by atoms with Gasteiger partial charge in [-0.05, 0) is 42.8 Å². The number of pyridine rings is 1.